The highest BCUT2D eigenvalue weighted by molar-refractivity contribution is 7.13. The first-order valence-corrected chi connectivity index (χ1v) is 8.27. The van der Waals surface area contributed by atoms with Crippen molar-refractivity contribution in [2.24, 2.45) is 7.05 Å². The topological polar surface area (TPSA) is 57.0 Å². The number of halogens is 1. The van der Waals surface area contributed by atoms with Gasteiger partial charge in [-0.2, -0.15) is 5.10 Å². The van der Waals surface area contributed by atoms with E-state index in [2.05, 4.69) is 10.1 Å². The van der Waals surface area contributed by atoms with Crippen LogP contribution in [0.1, 0.15) is 17.4 Å². The van der Waals surface area contributed by atoms with Crippen molar-refractivity contribution >= 4 is 28.9 Å². The number of nitrogens with zero attached hydrogens (tertiary/aromatic N) is 3. The molecular weight excluding hydrogens is 334 g/mol. The third-order valence-corrected chi connectivity index (χ3v) is 4.44. The molecule has 0 amide bonds. The summed E-state index contributed by atoms with van der Waals surface area (Å²) in [6.45, 7) is 2.07. The lowest BCUT2D eigenvalue weighted by Crippen LogP contribution is -2.05. The molecule has 5 nitrogen and oxygen atoms in total. The molecule has 0 radical (unpaired) electrons. The van der Waals surface area contributed by atoms with Gasteiger partial charge in [0.25, 0.3) is 0 Å². The lowest BCUT2D eigenvalue weighted by atomic mass is 10.1. The highest BCUT2D eigenvalue weighted by Crippen LogP contribution is 2.33. The van der Waals surface area contributed by atoms with Gasteiger partial charge in [0.05, 0.1) is 12.3 Å². The molecule has 0 N–H and O–H groups in total. The Kier molecular flexibility index (Phi) is 4.45. The molecule has 2 aromatic heterocycles. The molecule has 0 aliphatic heterocycles. The molecule has 0 saturated carbocycles. The molecule has 0 bridgehead atoms. The predicted octanol–water partition coefficient (Wildman–Crippen LogP) is 4.04. The van der Waals surface area contributed by atoms with Crippen molar-refractivity contribution in [2.75, 3.05) is 6.61 Å². The van der Waals surface area contributed by atoms with Gasteiger partial charge in [-0.15, -0.1) is 11.3 Å². The van der Waals surface area contributed by atoms with E-state index in [-0.39, 0.29) is 5.69 Å². The van der Waals surface area contributed by atoms with Crippen LogP contribution in [0.15, 0.2) is 35.8 Å². The van der Waals surface area contributed by atoms with Gasteiger partial charge in [0, 0.05) is 34.8 Å². The first-order chi connectivity index (χ1) is 11.1. The zero-order valence-corrected chi connectivity index (χ0v) is 14.2. The van der Waals surface area contributed by atoms with Gasteiger partial charge in [-0.3, -0.25) is 4.68 Å². The monoisotopic (exact) mass is 347 g/mol. The maximum Gasteiger partial charge on any atom is 0.358 e. The molecule has 3 rings (SSSR count). The number of hydrogen-bond donors (Lipinski definition) is 0. The van der Waals surface area contributed by atoms with Crippen molar-refractivity contribution in [3.63, 3.8) is 0 Å². The van der Waals surface area contributed by atoms with Crippen molar-refractivity contribution in [2.45, 2.75) is 6.92 Å². The number of aryl methyl sites for hydroxylation is 1. The van der Waals surface area contributed by atoms with Crippen LogP contribution < -0.4 is 0 Å². The SMILES string of the molecule is CCOC(=O)c1cc(-c2cc(-c3nccs3)ccc2Cl)n(C)n1. The fourth-order valence-electron chi connectivity index (χ4n) is 2.24. The van der Waals surface area contributed by atoms with Crippen LogP contribution in [0, 0.1) is 0 Å². The Labute approximate surface area is 142 Å². The maximum atomic E-state index is 11.8. The van der Waals surface area contributed by atoms with Crippen molar-refractivity contribution in [1.82, 2.24) is 14.8 Å². The quantitative estimate of drug-likeness (QED) is 0.668. The summed E-state index contributed by atoms with van der Waals surface area (Å²) in [6, 6.07) is 7.38. The Balaban J connectivity index is 2.05. The summed E-state index contributed by atoms with van der Waals surface area (Å²) in [7, 11) is 1.77. The number of ether oxygens (including phenoxy) is 1. The molecule has 0 aliphatic carbocycles. The Hall–Kier alpha value is -2.18. The lowest BCUT2D eigenvalue weighted by Gasteiger charge is -2.06. The number of thiazole rings is 1. The van der Waals surface area contributed by atoms with Crippen molar-refractivity contribution < 1.29 is 9.53 Å². The van der Waals surface area contributed by atoms with Crippen LogP contribution in [0.5, 0.6) is 0 Å². The molecule has 0 spiro atoms. The van der Waals surface area contributed by atoms with E-state index in [4.69, 9.17) is 16.3 Å². The van der Waals surface area contributed by atoms with Gasteiger partial charge in [0.15, 0.2) is 5.69 Å². The second kappa shape index (κ2) is 6.52. The normalized spacial score (nSPS) is 10.7. The summed E-state index contributed by atoms with van der Waals surface area (Å²) >= 11 is 7.90. The predicted molar refractivity (Wildman–Crippen MR) is 90.7 cm³/mol. The van der Waals surface area contributed by atoms with Gasteiger partial charge in [-0.05, 0) is 25.1 Å². The molecule has 7 heteroatoms. The molecule has 118 valence electrons. The summed E-state index contributed by atoms with van der Waals surface area (Å²) in [6.07, 6.45) is 1.76. The van der Waals surface area contributed by atoms with Crippen LogP contribution in [-0.2, 0) is 11.8 Å². The fourth-order valence-corrected chi connectivity index (χ4v) is 3.09. The molecule has 0 aliphatic rings. The average molecular weight is 348 g/mol. The summed E-state index contributed by atoms with van der Waals surface area (Å²) in [5.41, 5.74) is 2.78. The number of aromatic nitrogens is 3. The number of carbonyl (C=O) groups excluding carboxylic acids is 1. The number of carbonyl (C=O) groups is 1. The van der Waals surface area contributed by atoms with Crippen LogP contribution in [0.25, 0.3) is 21.8 Å². The molecule has 1 aromatic carbocycles. The molecular formula is C16H14ClN3O2S. The number of rotatable bonds is 4. The summed E-state index contributed by atoms with van der Waals surface area (Å²) in [5, 5.41) is 7.63. The number of esters is 1. The Morgan fingerprint density at radius 1 is 1.39 bits per heavy atom. The van der Waals surface area contributed by atoms with Gasteiger partial charge in [0.1, 0.15) is 5.01 Å². The van der Waals surface area contributed by atoms with Crippen molar-refractivity contribution in [3.05, 3.63) is 46.6 Å². The number of hydrogen-bond acceptors (Lipinski definition) is 5. The number of benzene rings is 1. The first-order valence-electron chi connectivity index (χ1n) is 7.01. The van der Waals surface area contributed by atoms with Gasteiger partial charge in [-0.1, -0.05) is 17.7 Å². The Bertz CT molecular complexity index is 843. The van der Waals surface area contributed by atoms with Gasteiger partial charge in [-0.25, -0.2) is 9.78 Å². The van der Waals surface area contributed by atoms with E-state index in [9.17, 15) is 4.79 Å². The fraction of sp³-hybridized carbons (Fsp3) is 0.188. The summed E-state index contributed by atoms with van der Waals surface area (Å²) in [5.74, 6) is -0.443. The van der Waals surface area contributed by atoms with Crippen LogP contribution in [0.4, 0.5) is 0 Å². The van der Waals surface area contributed by atoms with E-state index in [0.717, 1.165) is 21.8 Å². The Morgan fingerprint density at radius 2 is 2.22 bits per heavy atom. The van der Waals surface area contributed by atoms with Crippen LogP contribution in [-0.4, -0.2) is 27.3 Å². The second-order valence-electron chi connectivity index (χ2n) is 4.79. The largest absolute Gasteiger partial charge is 0.461 e. The van der Waals surface area contributed by atoms with E-state index < -0.39 is 5.97 Å². The maximum absolute atomic E-state index is 11.8. The highest BCUT2D eigenvalue weighted by Gasteiger charge is 2.17. The molecule has 0 fully saturated rings. The zero-order chi connectivity index (χ0) is 16.4. The molecule has 23 heavy (non-hydrogen) atoms. The molecule has 0 saturated heterocycles. The highest BCUT2D eigenvalue weighted by atomic mass is 35.5. The molecule has 0 atom stereocenters. The summed E-state index contributed by atoms with van der Waals surface area (Å²) in [4.78, 5) is 16.2. The van der Waals surface area contributed by atoms with Crippen LogP contribution >= 0.6 is 22.9 Å². The molecule has 2 heterocycles. The van der Waals surface area contributed by atoms with Crippen molar-refractivity contribution in [1.29, 1.82) is 0 Å². The minimum Gasteiger partial charge on any atom is -0.461 e. The van der Waals surface area contributed by atoms with Gasteiger partial charge >= 0.3 is 5.97 Å². The van der Waals surface area contributed by atoms with Gasteiger partial charge < -0.3 is 4.74 Å². The minimum absolute atomic E-state index is 0.264. The van der Waals surface area contributed by atoms with E-state index in [0.29, 0.717) is 11.6 Å². The third-order valence-electron chi connectivity index (χ3n) is 3.29. The second-order valence-corrected chi connectivity index (χ2v) is 6.09. The summed E-state index contributed by atoms with van der Waals surface area (Å²) < 4.78 is 6.61. The standard InChI is InChI=1S/C16H14ClN3O2S/c1-3-22-16(21)13-9-14(20(2)19-13)11-8-10(4-5-12(11)17)15-18-6-7-23-15/h4-9H,3H2,1-2H3. The van der Waals surface area contributed by atoms with E-state index in [1.165, 1.54) is 0 Å². The van der Waals surface area contributed by atoms with E-state index in [1.807, 2.05) is 23.6 Å². The van der Waals surface area contributed by atoms with Crippen LogP contribution in [0.2, 0.25) is 5.02 Å². The minimum atomic E-state index is -0.443. The van der Waals surface area contributed by atoms with Crippen LogP contribution in [0.3, 0.4) is 0 Å². The van der Waals surface area contributed by atoms with E-state index >= 15 is 0 Å². The smallest absolute Gasteiger partial charge is 0.358 e. The third kappa shape index (κ3) is 3.13. The lowest BCUT2D eigenvalue weighted by molar-refractivity contribution is 0.0518. The van der Waals surface area contributed by atoms with Crippen molar-refractivity contribution in [3.8, 4) is 21.8 Å². The zero-order valence-electron chi connectivity index (χ0n) is 12.6. The molecule has 3 aromatic rings. The van der Waals surface area contributed by atoms with Gasteiger partial charge in [0.2, 0.25) is 0 Å². The van der Waals surface area contributed by atoms with E-state index in [1.54, 1.807) is 42.3 Å². The molecule has 0 unspecified atom stereocenters. The average Bonchev–Trinajstić information content (AvgIpc) is 3.18. The first kappa shape index (κ1) is 15.7. The Morgan fingerprint density at radius 3 is 2.91 bits per heavy atom.